The fraction of sp³-hybridized carbons (Fsp3) is 0.421. The summed E-state index contributed by atoms with van der Waals surface area (Å²) in [6, 6.07) is 5.67. The van der Waals surface area contributed by atoms with E-state index in [1.807, 2.05) is 18.2 Å². The molecule has 0 aromatic carbocycles. The van der Waals surface area contributed by atoms with Gasteiger partial charge in [-0.1, -0.05) is 0 Å². The summed E-state index contributed by atoms with van der Waals surface area (Å²) in [5, 5.41) is 0. The smallest absolute Gasteiger partial charge is 0.246 e. The lowest BCUT2D eigenvalue weighted by Gasteiger charge is -2.48. The zero-order chi connectivity index (χ0) is 18.1. The molecule has 0 aliphatic carbocycles. The third kappa shape index (κ3) is 2.99. The van der Waals surface area contributed by atoms with Gasteiger partial charge >= 0.3 is 0 Å². The van der Waals surface area contributed by atoms with E-state index in [-0.39, 0.29) is 23.9 Å². The van der Waals surface area contributed by atoms with Crippen molar-refractivity contribution >= 4 is 17.5 Å². The van der Waals surface area contributed by atoms with Crippen molar-refractivity contribution in [1.29, 1.82) is 0 Å². The number of nitrogens with zero attached hydrogens (tertiary/aromatic N) is 4. The van der Waals surface area contributed by atoms with E-state index in [1.165, 1.54) is 0 Å². The van der Waals surface area contributed by atoms with Gasteiger partial charge in [0.2, 0.25) is 11.8 Å². The van der Waals surface area contributed by atoms with Crippen LogP contribution in [0.1, 0.15) is 18.9 Å². The Kier molecular flexibility index (Phi) is 4.24. The Morgan fingerprint density at radius 1 is 1.35 bits per heavy atom. The van der Waals surface area contributed by atoms with Crippen molar-refractivity contribution in [3.8, 4) is 0 Å². The summed E-state index contributed by atoms with van der Waals surface area (Å²) in [5.41, 5.74) is 1.54. The van der Waals surface area contributed by atoms with Crippen LogP contribution in [0, 0.1) is 0 Å². The van der Waals surface area contributed by atoms with Crippen LogP contribution in [0.15, 0.2) is 47.5 Å². The molecule has 2 aliphatic rings. The summed E-state index contributed by atoms with van der Waals surface area (Å²) in [6.45, 7) is 4.56. The molecule has 7 nitrogen and oxygen atoms in total. The molecule has 0 N–H and O–H groups in total. The molecule has 2 aromatic rings. The van der Waals surface area contributed by atoms with Gasteiger partial charge in [0.25, 0.3) is 0 Å². The lowest BCUT2D eigenvalue weighted by molar-refractivity contribution is -0.142. The molecular formula is C19H22N4O3. The van der Waals surface area contributed by atoms with E-state index >= 15 is 0 Å². The normalized spacial score (nSPS) is 23.8. The Bertz CT molecular complexity index is 792. The number of furan rings is 1. The second-order valence-corrected chi connectivity index (χ2v) is 7.11. The number of pyridine rings is 1. The first-order valence-corrected chi connectivity index (χ1v) is 8.79. The maximum atomic E-state index is 12.7. The van der Waals surface area contributed by atoms with E-state index in [1.54, 1.807) is 41.6 Å². The van der Waals surface area contributed by atoms with Crippen molar-refractivity contribution < 1.29 is 14.0 Å². The monoisotopic (exact) mass is 354 g/mol. The van der Waals surface area contributed by atoms with Gasteiger partial charge in [-0.05, 0) is 24.6 Å². The molecule has 2 amide bonds. The molecule has 4 rings (SSSR count). The van der Waals surface area contributed by atoms with E-state index in [2.05, 4.69) is 9.88 Å². The topological polar surface area (TPSA) is 69.9 Å². The van der Waals surface area contributed by atoms with Gasteiger partial charge in [-0.25, -0.2) is 0 Å². The Labute approximate surface area is 152 Å². The lowest BCUT2D eigenvalue weighted by atomic mass is 9.92. The van der Waals surface area contributed by atoms with Crippen LogP contribution in [0.5, 0.6) is 0 Å². The number of hydrogen-bond acceptors (Lipinski definition) is 5. The maximum Gasteiger partial charge on any atom is 0.246 e. The van der Waals surface area contributed by atoms with E-state index in [4.69, 9.17) is 4.42 Å². The highest BCUT2D eigenvalue weighted by Gasteiger charge is 2.50. The number of likely N-dealkylation sites (tertiary alicyclic amines) is 1. The van der Waals surface area contributed by atoms with E-state index in [9.17, 15) is 9.59 Å². The molecule has 2 saturated heterocycles. The van der Waals surface area contributed by atoms with Crippen LogP contribution in [0.25, 0.3) is 0 Å². The van der Waals surface area contributed by atoms with Gasteiger partial charge in [0.1, 0.15) is 6.54 Å². The lowest BCUT2D eigenvalue weighted by Crippen LogP contribution is -2.66. The highest BCUT2D eigenvalue weighted by Crippen LogP contribution is 2.35. The van der Waals surface area contributed by atoms with Gasteiger partial charge in [-0.3, -0.25) is 19.5 Å². The molecule has 0 bridgehead atoms. The number of carbonyl (C=O) groups excluding carboxylic acids is 2. The van der Waals surface area contributed by atoms with Crippen LogP contribution in [-0.4, -0.2) is 58.3 Å². The average Bonchev–Trinajstić information content (AvgIpc) is 3.28. The largest absolute Gasteiger partial charge is 0.472 e. The Hall–Kier alpha value is -2.67. The number of rotatable bonds is 3. The summed E-state index contributed by atoms with van der Waals surface area (Å²) in [5.74, 6) is -0.110. The van der Waals surface area contributed by atoms with Crippen molar-refractivity contribution in [3.05, 3.63) is 48.7 Å². The van der Waals surface area contributed by atoms with Crippen LogP contribution < -0.4 is 4.90 Å². The van der Waals surface area contributed by atoms with Crippen molar-refractivity contribution in [2.45, 2.75) is 25.4 Å². The van der Waals surface area contributed by atoms with Crippen molar-refractivity contribution in [3.63, 3.8) is 0 Å². The number of anilines is 1. The molecule has 2 aliphatic heterocycles. The number of hydrogen-bond donors (Lipinski definition) is 0. The predicted octanol–water partition coefficient (Wildman–Crippen LogP) is 1.51. The van der Waals surface area contributed by atoms with E-state index in [0.29, 0.717) is 6.54 Å². The van der Waals surface area contributed by atoms with Crippen molar-refractivity contribution in [2.24, 2.45) is 0 Å². The molecule has 0 radical (unpaired) electrons. The molecule has 1 atom stereocenters. The Balaban J connectivity index is 1.59. The fourth-order valence-electron chi connectivity index (χ4n) is 4.12. The highest BCUT2D eigenvalue weighted by atomic mass is 16.3. The van der Waals surface area contributed by atoms with Crippen LogP contribution in [0.4, 0.5) is 5.69 Å². The molecule has 2 aromatic heterocycles. The molecule has 26 heavy (non-hydrogen) atoms. The zero-order valence-corrected chi connectivity index (χ0v) is 14.8. The van der Waals surface area contributed by atoms with Gasteiger partial charge in [0, 0.05) is 38.3 Å². The minimum atomic E-state index is -0.362. The number of piperazine rings is 1. The molecule has 1 unspecified atom stereocenters. The SMILES string of the molecule is CC(=O)N1CC(=O)N(c2cccnc2)CC12CCN(Cc1ccoc1)C2. The molecule has 136 valence electrons. The van der Waals surface area contributed by atoms with Crippen LogP contribution in [-0.2, 0) is 16.1 Å². The second-order valence-electron chi connectivity index (χ2n) is 7.11. The minimum absolute atomic E-state index is 0.0469. The predicted molar refractivity (Wildman–Crippen MR) is 95.3 cm³/mol. The number of amides is 2. The fourth-order valence-corrected chi connectivity index (χ4v) is 4.12. The number of carbonyl (C=O) groups is 2. The first-order valence-electron chi connectivity index (χ1n) is 8.79. The maximum absolute atomic E-state index is 12.7. The highest BCUT2D eigenvalue weighted by molar-refractivity contribution is 5.98. The van der Waals surface area contributed by atoms with Gasteiger partial charge in [0.05, 0.1) is 36.5 Å². The van der Waals surface area contributed by atoms with Crippen molar-refractivity contribution in [2.75, 3.05) is 31.1 Å². The molecular weight excluding hydrogens is 332 g/mol. The van der Waals surface area contributed by atoms with Gasteiger partial charge < -0.3 is 14.2 Å². The summed E-state index contributed by atoms with van der Waals surface area (Å²) >= 11 is 0. The molecule has 4 heterocycles. The molecule has 2 fully saturated rings. The minimum Gasteiger partial charge on any atom is -0.472 e. The summed E-state index contributed by atoms with van der Waals surface area (Å²) in [4.78, 5) is 34.9. The average molecular weight is 354 g/mol. The van der Waals surface area contributed by atoms with Gasteiger partial charge in [-0.2, -0.15) is 0 Å². The molecule has 0 saturated carbocycles. The third-order valence-corrected chi connectivity index (χ3v) is 5.35. The van der Waals surface area contributed by atoms with E-state index in [0.717, 1.165) is 37.3 Å². The van der Waals surface area contributed by atoms with Crippen molar-refractivity contribution in [1.82, 2.24) is 14.8 Å². The summed E-state index contributed by atoms with van der Waals surface area (Å²) in [6.07, 6.45) is 7.66. The van der Waals surface area contributed by atoms with Gasteiger partial charge in [-0.15, -0.1) is 0 Å². The molecule has 7 heteroatoms. The summed E-state index contributed by atoms with van der Waals surface area (Å²) < 4.78 is 5.16. The van der Waals surface area contributed by atoms with Crippen LogP contribution >= 0.6 is 0 Å². The summed E-state index contributed by atoms with van der Waals surface area (Å²) in [7, 11) is 0. The van der Waals surface area contributed by atoms with Crippen LogP contribution in [0.2, 0.25) is 0 Å². The Morgan fingerprint density at radius 2 is 2.23 bits per heavy atom. The quantitative estimate of drug-likeness (QED) is 0.836. The van der Waals surface area contributed by atoms with Crippen LogP contribution in [0.3, 0.4) is 0 Å². The zero-order valence-electron chi connectivity index (χ0n) is 14.8. The van der Waals surface area contributed by atoms with E-state index < -0.39 is 0 Å². The standard InChI is InChI=1S/C19H22N4O3/c1-15(24)23-11-18(25)22(17-3-2-6-20-9-17)14-19(23)5-7-21(13-19)10-16-4-8-26-12-16/h2-4,6,8-9,12H,5,7,10-11,13-14H2,1H3. The van der Waals surface area contributed by atoms with Gasteiger partial charge in [0.15, 0.2) is 0 Å². The third-order valence-electron chi connectivity index (χ3n) is 5.35. The first kappa shape index (κ1) is 16.8. The Morgan fingerprint density at radius 3 is 2.92 bits per heavy atom. The first-order chi connectivity index (χ1) is 12.6. The number of aromatic nitrogens is 1. The second kappa shape index (κ2) is 6.57. The molecule has 1 spiro atoms.